The molecule has 0 spiro atoms. The molecule has 1 atom stereocenters. The van der Waals surface area contributed by atoms with Gasteiger partial charge < -0.3 is 25.4 Å². The van der Waals surface area contributed by atoms with Crippen LogP contribution in [0.1, 0.15) is 40.6 Å². The number of carbonyl (C=O) groups excluding carboxylic acids is 3. The van der Waals surface area contributed by atoms with Crippen LogP contribution in [-0.2, 0) is 27.2 Å². The number of hydrogen-bond donors (Lipinski definition) is 2. The normalized spacial score (nSPS) is 14.9. The summed E-state index contributed by atoms with van der Waals surface area (Å²) in [5, 5.41) is 3.42. The number of nitrogens with one attached hydrogen (secondary N) is 1. The van der Waals surface area contributed by atoms with Crippen LogP contribution in [0, 0.1) is 5.92 Å². The molecule has 0 fully saturated rings. The van der Waals surface area contributed by atoms with Crippen molar-refractivity contribution in [2.75, 3.05) is 37.5 Å². The van der Waals surface area contributed by atoms with E-state index in [1.807, 2.05) is 12.1 Å². The number of hydrogen-bond acceptors (Lipinski definition) is 7. The minimum absolute atomic E-state index is 0.000803. The maximum absolute atomic E-state index is 13.0. The summed E-state index contributed by atoms with van der Waals surface area (Å²) < 4.78 is 10.2. The number of benzene rings is 1. The Labute approximate surface area is 191 Å². The van der Waals surface area contributed by atoms with Crippen molar-refractivity contribution in [1.82, 2.24) is 0 Å². The molecule has 0 aliphatic heterocycles. The fourth-order valence-electron chi connectivity index (χ4n) is 3.83. The molecule has 2 amide bonds. The number of nitrogens with zero attached hydrogens (tertiary/aromatic N) is 1. The van der Waals surface area contributed by atoms with Gasteiger partial charge in [0.2, 0.25) is 11.8 Å². The summed E-state index contributed by atoms with van der Waals surface area (Å²) in [6, 6.07) is 7.21. The highest BCUT2D eigenvalue weighted by Crippen LogP contribution is 2.40. The van der Waals surface area contributed by atoms with Crippen molar-refractivity contribution in [3.8, 4) is 5.75 Å². The third-order valence-corrected chi connectivity index (χ3v) is 6.72. The first-order chi connectivity index (χ1) is 15.3. The average Bonchev–Trinajstić information content (AvgIpc) is 3.12. The second-order valence-electron chi connectivity index (χ2n) is 7.93. The van der Waals surface area contributed by atoms with Gasteiger partial charge in [-0.15, -0.1) is 11.3 Å². The number of rotatable bonds is 9. The standard InChI is InChI=1S/C23H29N3O5S/c1-14-4-9-17-18(12-14)32-22(21(17)23(29)31-3)25-20(28)13-26(11-10-19(24)27)15-5-7-16(30-2)8-6-15/h5-8,14H,4,9-13H2,1-3H3,(H2,24,27)(H,25,28)/t14-/m1/s1. The molecule has 0 saturated carbocycles. The molecule has 0 bridgehead atoms. The van der Waals surface area contributed by atoms with Crippen LogP contribution in [0.5, 0.6) is 5.75 Å². The molecule has 1 heterocycles. The van der Waals surface area contributed by atoms with E-state index >= 15 is 0 Å². The summed E-state index contributed by atoms with van der Waals surface area (Å²) in [4.78, 5) is 39.7. The van der Waals surface area contributed by atoms with E-state index in [9.17, 15) is 14.4 Å². The first-order valence-electron chi connectivity index (χ1n) is 10.5. The number of methoxy groups -OCH3 is 2. The summed E-state index contributed by atoms with van der Waals surface area (Å²) >= 11 is 1.44. The molecule has 8 nitrogen and oxygen atoms in total. The van der Waals surface area contributed by atoms with Crippen molar-refractivity contribution in [2.45, 2.75) is 32.6 Å². The highest BCUT2D eigenvalue weighted by Gasteiger charge is 2.29. The van der Waals surface area contributed by atoms with Crippen LogP contribution < -0.4 is 20.7 Å². The van der Waals surface area contributed by atoms with Crippen LogP contribution in [0.25, 0.3) is 0 Å². The zero-order valence-electron chi connectivity index (χ0n) is 18.6. The predicted molar refractivity (Wildman–Crippen MR) is 124 cm³/mol. The van der Waals surface area contributed by atoms with E-state index in [4.69, 9.17) is 15.2 Å². The number of fused-ring (bicyclic) bond motifs is 1. The fourth-order valence-corrected chi connectivity index (χ4v) is 5.25. The van der Waals surface area contributed by atoms with E-state index in [1.54, 1.807) is 24.1 Å². The Morgan fingerprint density at radius 2 is 1.94 bits per heavy atom. The number of thiophene rings is 1. The second-order valence-corrected chi connectivity index (χ2v) is 9.04. The number of carbonyl (C=O) groups is 3. The minimum atomic E-state index is -0.447. The third kappa shape index (κ3) is 5.59. The highest BCUT2D eigenvalue weighted by atomic mass is 32.1. The molecule has 3 N–H and O–H groups in total. The summed E-state index contributed by atoms with van der Waals surface area (Å²) in [6.45, 7) is 2.47. The summed E-state index contributed by atoms with van der Waals surface area (Å²) in [5.74, 6) is 0.0517. The van der Waals surface area contributed by atoms with Crippen LogP contribution in [0.3, 0.4) is 0 Å². The van der Waals surface area contributed by atoms with Gasteiger partial charge >= 0.3 is 5.97 Å². The van der Waals surface area contributed by atoms with Crippen molar-refractivity contribution in [3.63, 3.8) is 0 Å². The van der Waals surface area contributed by atoms with Crippen LogP contribution in [0.2, 0.25) is 0 Å². The molecule has 172 valence electrons. The van der Waals surface area contributed by atoms with Crippen LogP contribution in [0.4, 0.5) is 10.7 Å². The van der Waals surface area contributed by atoms with E-state index < -0.39 is 11.9 Å². The van der Waals surface area contributed by atoms with Crippen molar-refractivity contribution in [2.24, 2.45) is 11.7 Å². The molecule has 32 heavy (non-hydrogen) atoms. The Morgan fingerprint density at radius 1 is 1.22 bits per heavy atom. The Balaban J connectivity index is 1.80. The van der Waals surface area contributed by atoms with E-state index in [0.717, 1.165) is 35.4 Å². The van der Waals surface area contributed by atoms with Gasteiger partial charge in [0, 0.05) is 23.5 Å². The van der Waals surface area contributed by atoms with Gasteiger partial charge in [-0.05, 0) is 55.0 Å². The molecule has 9 heteroatoms. The monoisotopic (exact) mass is 459 g/mol. The quantitative estimate of drug-likeness (QED) is 0.558. The molecular weight excluding hydrogens is 430 g/mol. The topological polar surface area (TPSA) is 111 Å². The third-order valence-electron chi connectivity index (χ3n) is 5.55. The Bertz CT molecular complexity index is 986. The number of ether oxygens (including phenoxy) is 2. The molecule has 2 aromatic rings. The fraction of sp³-hybridized carbons (Fsp3) is 0.435. The molecule has 1 aromatic carbocycles. The lowest BCUT2D eigenvalue weighted by molar-refractivity contribution is -0.118. The Hall–Kier alpha value is -3.07. The minimum Gasteiger partial charge on any atom is -0.497 e. The lowest BCUT2D eigenvalue weighted by atomic mass is 9.88. The van der Waals surface area contributed by atoms with Gasteiger partial charge in [0.1, 0.15) is 10.8 Å². The van der Waals surface area contributed by atoms with Gasteiger partial charge in [0.25, 0.3) is 0 Å². The maximum atomic E-state index is 13.0. The first kappa shape index (κ1) is 23.6. The van der Waals surface area contributed by atoms with E-state index in [2.05, 4.69) is 12.2 Å². The lowest BCUT2D eigenvalue weighted by Gasteiger charge is -2.24. The van der Waals surface area contributed by atoms with Crippen molar-refractivity contribution in [3.05, 3.63) is 40.3 Å². The number of amides is 2. The average molecular weight is 460 g/mol. The van der Waals surface area contributed by atoms with Crippen LogP contribution in [0.15, 0.2) is 24.3 Å². The van der Waals surface area contributed by atoms with E-state index in [-0.39, 0.29) is 25.4 Å². The molecule has 3 rings (SSSR count). The Morgan fingerprint density at radius 3 is 2.56 bits per heavy atom. The number of primary amides is 1. The van der Waals surface area contributed by atoms with Crippen molar-refractivity contribution in [1.29, 1.82) is 0 Å². The molecule has 1 aliphatic carbocycles. The largest absolute Gasteiger partial charge is 0.497 e. The number of nitrogens with two attached hydrogens (primary N) is 1. The van der Waals surface area contributed by atoms with Crippen molar-refractivity contribution >= 4 is 39.8 Å². The van der Waals surface area contributed by atoms with Crippen LogP contribution in [-0.4, -0.2) is 45.1 Å². The molecule has 0 radical (unpaired) electrons. The van der Waals surface area contributed by atoms with E-state index in [1.165, 1.54) is 18.4 Å². The Kier molecular flexibility index (Phi) is 7.74. The highest BCUT2D eigenvalue weighted by molar-refractivity contribution is 7.17. The summed E-state index contributed by atoms with van der Waals surface area (Å²) in [6.07, 6.45) is 2.79. The smallest absolute Gasteiger partial charge is 0.341 e. The summed E-state index contributed by atoms with van der Waals surface area (Å²) in [7, 11) is 2.92. The van der Waals surface area contributed by atoms with E-state index in [0.29, 0.717) is 22.2 Å². The number of anilines is 2. The number of esters is 1. The maximum Gasteiger partial charge on any atom is 0.341 e. The van der Waals surface area contributed by atoms with Gasteiger partial charge in [-0.25, -0.2) is 4.79 Å². The van der Waals surface area contributed by atoms with Gasteiger partial charge in [-0.1, -0.05) is 6.92 Å². The first-order valence-corrected chi connectivity index (χ1v) is 11.3. The SMILES string of the molecule is COC(=O)c1c(NC(=O)CN(CCC(N)=O)c2ccc(OC)cc2)sc2c1CC[C@@H](C)C2. The van der Waals surface area contributed by atoms with Gasteiger partial charge in [0.15, 0.2) is 0 Å². The van der Waals surface area contributed by atoms with Gasteiger partial charge in [0.05, 0.1) is 26.3 Å². The zero-order valence-corrected chi connectivity index (χ0v) is 19.4. The zero-order chi connectivity index (χ0) is 23.3. The molecule has 0 saturated heterocycles. The van der Waals surface area contributed by atoms with Gasteiger partial charge in [-0.3, -0.25) is 9.59 Å². The molecular formula is C23H29N3O5S. The lowest BCUT2D eigenvalue weighted by Crippen LogP contribution is -2.35. The molecule has 1 aromatic heterocycles. The van der Waals surface area contributed by atoms with Crippen LogP contribution >= 0.6 is 11.3 Å². The molecule has 0 unspecified atom stereocenters. The molecule has 1 aliphatic rings. The second kappa shape index (κ2) is 10.5. The predicted octanol–water partition coefficient (Wildman–Crippen LogP) is 2.99. The summed E-state index contributed by atoms with van der Waals surface area (Å²) in [5.41, 5.74) is 7.52. The van der Waals surface area contributed by atoms with Gasteiger partial charge in [-0.2, -0.15) is 0 Å². The van der Waals surface area contributed by atoms with Crippen molar-refractivity contribution < 1.29 is 23.9 Å².